The van der Waals surface area contributed by atoms with Gasteiger partial charge in [-0.25, -0.2) is 4.79 Å². The van der Waals surface area contributed by atoms with Gasteiger partial charge in [0.2, 0.25) is 0 Å². The van der Waals surface area contributed by atoms with Gasteiger partial charge in [0.25, 0.3) is 0 Å². The Morgan fingerprint density at radius 3 is 2.61 bits per heavy atom. The van der Waals surface area contributed by atoms with E-state index in [0.29, 0.717) is 22.6 Å². The first-order valence-corrected chi connectivity index (χ1v) is 8.87. The third kappa shape index (κ3) is 4.51. The third-order valence-corrected chi connectivity index (χ3v) is 4.34. The van der Waals surface area contributed by atoms with Crippen LogP contribution >= 0.6 is 0 Å². The highest BCUT2D eigenvalue weighted by molar-refractivity contribution is 5.80. The lowest BCUT2D eigenvalue weighted by molar-refractivity contribution is -0.138. The van der Waals surface area contributed by atoms with E-state index in [1.807, 2.05) is 25.1 Å². The summed E-state index contributed by atoms with van der Waals surface area (Å²) in [6.45, 7) is 2.28. The number of aliphatic carboxylic acids is 1. The summed E-state index contributed by atoms with van der Waals surface area (Å²) in [5.41, 5.74) is 3.53. The largest absolute Gasteiger partial charge is 0.488 e. The molecule has 1 heterocycles. The summed E-state index contributed by atoms with van der Waals surface area (Å²) in [7, 11) is 0. The van der Waals surface area contributed by atoms with E-state index in [2.05, 4.69) is 5.32 Å². The van der Waals surface area contributed by atoms with Crippen molar-refractivity contribution in [1.82, 2.24) is 0 Å². The van der Waals surface area contributed by atoms with Gasteiger partial charge in [-0.3, -0.25) is 0 Å². The van der Waals surface area contributed by atoms with Gasteiger partial charge in [0.15, 0.2) is 6.04 Å². The number of hydrogen-bond acceptors (Lipinski definition) is 5. The summed E-state index contributed by atoms with van der Waals surface area (Å²) in [6, 6.07) is 15.1. The van der Waals surface area contributed by atoms with Crippen LogP contribution in [0.4, 0.5) is 5.69 Å². The molecule has 0 fully saturated rings. The van der Waals surface area contributed by atoms with Gasteiger partial charge in [0.05, 0.1) is 24.2 Å². The van der Waals surface area contributed by atoms with Crippen LogP contribution < -0.4 is 10.1 Å². The number of nitrogens with zero attached hydrogens (tertiary/aromatic N) is 1. The van der Waals surface area contributed by atoms with E-state index in [9.17, 15) is 9.90 Å². The molecule has 3 aromatic rings. The number of anilines is 1. The molecule has 0 saturated carbocycles. The Morgan fingerprint density at radius 1 is 1.21 bits per heavy atom. The summed E-state index contributed by atoms with van der Waals surface area (Å²) >= 11 is 0. The van der Waals surface area contributed by atoms with Crippen molar-refractivity contribution in [2.75, 3.05) is 5.32 Å². The minimum atomic E-state index is -1.02. The van der Waals surface area contributed by atoms with Gasteiger partial charge in [0.1, 0.15) is 12.4 Å². The van der Waals surface area contributed by atoms with Crippen LogP contribution in [0, 0.1) is 11.3 Å². The van der Waals surface area contributed by atoms with Crippen molar-refractivity contribution in [3.8, 4) is 11.8 Å². The molecule has 1 aromatic heterocycles. The summed E-state index contributed by atoms with van der Waals surface area (Å²) in [4.78, 5) is 12.0. The van der Waals surface area contributed by atoms with Crippen molar-refractivity contribution >= 4 is 11.7 Å². The molecular formula is C22H20N2O4. The second-order valence-corrected chi connectivity index (χ2v) is 6.25. The highest BCUT2D eigenvalue weighted by atomic mass is 16.5. The number of rotatable bonds is 8. The first-order valence-electron chi connectivity index (χ1n) is 8.87. The Balaban J connectivity index is 1.90. The molecule has 6 nitrogen and oxygen atoms in total. The van der Waals surface area contributed by atoms with Crippen molar-refractivity contribution in [2.24, 2.45) is 0 Å². The molecule has 2 N–H and O–H groups in total. The van der Waals surface area contributed by atoms with Gasteiger partial charge in [-0.1, -0.05) is 13.0 Å². The molecule has 0 saturated heterocycles. The number of hydrogen-bond donors (Lipinski definition) is 2. The predicted molar refractivity (Wildman–Crippen MR) is 104 cm³/mol. The summed E-state index contributed by atoms with van der Waals surface area (Å²) in [5, 5.41) is 21.8. The maximum Gasteiger partial charge on any atom is 0.330 e. The molecule has 0 unspecified atom stereocenters. The fourth-order valence-electron chi connectivity index (χ4n) is 2.79. The van der Waals surface area contributed by atoms with Crippen molar-refractivity contribution in [3.63, 3.8) is 0 Å². The minimum absolute atomic E-state index is 0.276. The molecule has 1 atom stereocenters. The number of benzene rings is 2. The van der Waals surface area contributed by atoms with E-state index >= 15 is 0 Å². The normalized spacial score (nSPS) is 11.4. The smallest absolute Gasteiger partial charge is 0.330 e. The Kier molecular flexibility index (Phi) is 5.97. The van der Waals surface area contributed by atoms with Gasteiger partial charge >= 0.3 is 5.97 Å². The average molecular weight is 376 g/mol. The average Bonchev–Trinajstić information content (AvgIpc) is 3.24. The first kappa shape index (κ1) is 19.1. The predicted octanol–water partition coefficient (Wildman–Crippen LogP) is 4.53. The quantitative estimate of drug-likeness (QED) is 0.600. The standard InChI is InChI=1S/C22H20N2O4/c1-2-15-5-8-20(28-14-17-9-10-27-13-17)19(11-15)21(22(25)26)24-18-6-3-16(12-23)4-7-18/h3-11,13,21,24H,2,14H2,1H3,(H,25,26)/t21-/m1/s1. The van der Waals surface area contributed by atoms with E-state index in [-0.39, 0.29) is 6.61 Å². The van der Waals surface area contributed by atoms with Crippen LogP contribution in [0.5, 0.6) is 5.75 Å². The van der Waals surface area contributed by atoms with Gasteiger partial charge in [-0.15, -0.1) is 0 Å². The Hall–Kier alpha value is -3.72. The molecule has 0 bridgehead atoms. The van der Waals surface area contributed by atoms with Crippen molar-refractivity contribution in [1.29, 1.82) is 5.26 Å². The molecule has 0 spiro atoms. The van der Waals surface area contributed by atoms with Crippen molar-refractivity contribution in [3.05, 3.63) is 83.3 Å². The SMILES string of the molecule is CCc1ccc(OCc2ccoc2)c([C@@H](Nc2ccc(C#N)cc2)C(=O)O)c1. The van der Waals surface area contributed by atoms with Crippen LogP contribution in [-0.4, -0.2) is 11.1 Å². The zero-order valence-corrected chi connectivity index (χ0v) is 15.4. The number of carboxylic acids is 1. The van der Waals surface area contributed by atoms with E-state index in [4.69, 9.17) is 14.4 Å². The lowest BCUT2D eigenvalue weighted by Gasteiger charge is -2.20. The van der Waals surface area contributed by atoms with Gasteiger partial charge in [0, 0.05) is 16.8 Å². The second kappa shape index (κ2) is 8.78. The van der Waals surface area contributed by atoms with Gasteiger partial charge < -0.3 is 19.6 Å². The zero-order valence-electron chi connectivity index (χ0n) is 15.4. The van der Waals surface area contributed by atoms with Crippen LogP contribution in [0.1, 0.15) is 35.2 Å². The Labute approximate surface area is 163 Å². The number of nitriles is 1. The van der Waals surface area contributed by atoms with Crippen LogP contribution in [-0.2, 0) is 17.8 Å². The molecular weight excluding hydrogens is 356 g/mol. The summed E-state index contributed by atoms with van der Waals surface area (Å²) in [5.74, 6) is -0.530. The van der Waals surface area contributed by atoms with E-state index in [1.165, 1.54) is 0 Å². The molecule has 0 radical (unpaired) electrons. The lowest BCUT2D eigenvalue weighted by Crippen LogP contribution is -2.21. The van der Waals surface area contributed by atoms with Crippen LogP contribution in [0.2, 0.25) is 0 Å². The molecule has 0 amide bonds. The van der Waals surface area contributed by atoms with Gasteiger partial charge in [-0.2, -0.15) is 5.26 Å². The molecule has 0 aliphatic heterocycles. The second-order valence-electron chi connectivity index (χ2n) is 6.25. The van der Waals surface area contributed by atoms with Gasteiger partial charge in [-0.05, 0) is 54.4 Å². The van der Waals surface area contributed by atoms with Crippen molar-refractivity contribution < 1.29 is 19.1 Å². The molecule has 6 heteroatoms. The molecule has 142 valence electrons. The fraction of sp³-hybridized carbons (Fsp3) is 0.182. The first-order chi connectivity index (χ1) is 13.6. The maximum absolute atomic E-state index is 12.0. The summed E-state index contributed by atoms with van der Waals surface area (Å²) < 4.78 is 10.9. The number of furan rings is 1. The minimum Gasteiger partial charge on any atom is -0.488 e. The molecule has 3 rings (SSSR count). The van der Waals surface area contributed by atoms with E-state index < -0.39 is 12.0 Å². The van der Waals surface area contributed by atoms with Crippen LogP contribution in [0.15, 0.2) is 65.5 Å². The highest BCUT2D eigenvalue weighted by Crippen LogP contribution is 2.31. The van der Waals surface area contributed by atoms with Crippen LogP contribution in [0.3, 0.4) is 0 Å². The molecule has 28 heavy (non-hydrogen) atoms. The van der Waals surface area contributed by atoms with E-state index in [0.717, 1.165) is 17.5 Å². The summed E-state index contributed by atoms with van der Waals surface area (Å²) in [6.07, 6.45) is 3.92. The number of carbonyl (C=O) groups is 1. The number of ether oxygens (including phenoxy) is 1. The fourth-order valence-corrected chi connectivity index (χ4v) is 2.79. The van der Waals surface area contributed by atoms with E-state index in [1.54, 1.807) is 48.9 Å². The molecule has 0 aliphatic carbocycles. The number of aryl methyl sites for hydroxylation is 1. The highest BCUT2D eigenvalue weighted by Gasteiger charge is 2.24. The Bertz CT molecular complexity index is 973. The molecule has 2 aromatic carbocycles. The Morgan fingerprint density at radius 2 is 2.00 bits per heavy atom. The molecule has 0 aliphatic rings. The van der Waals surface area contributed by atoms with Crippen molar-refractivity contribution in [2.45, 2.75) is 26.0 Å². The lowest BCUT2D eigenvalue weighted by atomic mass is 10.0. The van der Waals surface area contributed by atoms with Crippen LogP contribution in [0.25, 0.3) is 0 Å². The topological polar surface area (TPSA) is 95.5 Å². The third-order valence-electron chi connectivity index (χ3n) is 4.34. The number of nitrogens with one attached hydrogen (secondary N) is 1. The maximum atomic E-state index is 12.0. The zero-order chi connectivity index (χ0) is 19.9. The number of carboxylic acid groups (broad SMARTS) is 1. The monoisotopic (exact) mass is 376 g/mol.